The van der Waals surface area contributed by atoms with Gasteiger partial charge in [-0.1, -0.05) is 37.3 Å². The van der Waals surface area contributed by atoms with Crippen LogP contribution in [0.1, 0.15) is 24.5 Å². The Morgan fingerprint density at radius 3 is 2.29 bits per heavy atom. The highest BCUT2D eigenvalue weighted by molar-refractivity contribution is 7.89. The second kappa shape index (κ2) is 11.8. The fraction of sp³-hybridized carbons (Fsp3) is 0.269. The van der Waals surface area contributed by atoms with Crippen molar-refractivity contribution in [3.63, 3.8) is 0 Å². The van der Waals surface area contributed by atoms with Gasteiger partial charge in [-0.3, -0.25) is 0 Å². The standard InChI is InChI=1S/C26H31FN4O3S/c1-4-16-31(35(33,34)24-13-10-22(27)11-14-24)19-21-17-23(12-15-25(21)30(2)3)29-26(32)28-18-20-8-6-5-7-9-20/h5-15,17H,4,16,18-19H2,1-3H3,(H2,28,29,32). The molecule has 0 atom stereocenters. The molecular weight excluding hydrogens is 467 g/mol. The Labute approximate surface area is 206 Å². The molecule has 0 radical (unpaired) electrons. The molecule has 0 aromatic heterocycles. The number of nitrogens with one attached hydrogen (secondary N) is 2. The normalized spacial score (nSPS) is 11.3. The highest BCUT2D eigenvalue weighted by Crippen LogP contribution is 2.27. The molecule has 0 bridgehead atoms. The maximum atomic E-state index is 13.4. The molecule has 0 saturated carbocycles. The number of hydrogen-bond donors (Lipinski definition) is 2. The summed E-state index contributed by atoms with van der Waals surface area (Å²) in [6, 6.07) is 19.4. The van der Waals surface area contributed by atoms with Crippen LogP contribution in [0.3, 0.4) is 0 Å². The van der Waals surface area contributed by atoms with Gasteiger partial charge in [0.15, 0.2) is 0 Å². The Morgan fingerprint density at radius 1 is 0.971 bits per heavy atom. The Balaban J connectivity index is 1.82. The zero-order valence-electron chi connectivity index (χ0n) is 20.2. The Kier molecular flexibility index (Phi) is 8.84. The van der Waals surface area contributed by atoms with Crippen LogP contribution < -0.4 is 15.5 Å². The highest BCUT2D eigenvalue weighted by atomic mass is 32.2. The molecule has 0 fully saturated rings. The van der Waals surface area contributed by atoms with Gasteiger partial charge in [-0.25, -0.2) is 17.6 Å². The average Bonchev–Trinajstić information content (AvgIpc) is 2.83. The van der Waals surface area contributed by atoms with E-state index in [9.17, 15) is 17.6 Å². The summed E-state index contributed by atoms with van der Waals surface area (Å²) >= 11 is 0. The number of rotatable bonds is 10. The van der Waals surface area contributed by atoms with Gasteiger partial charge in [0.2, 0.25) is 10.0 Å². The molecule has 0 aliphatic rings. The average molecular weight is 499 g/mol. The lowest BCUT2D eigenvalue weighted by atomic mass is 10.1. The fourth-order valence-corrected chi connectivity index (χ4v) is 5.17. The first-order valence-corrected chi connectivity index (χ1v) is 12.8. The Bertz CT molecular complexity index is 1230. The van der Waals surface area contributed by atoms with Crippen molar-refractivity contribution in [3.8, 4) is 0 Å². The van der Waals surface area contributed by atoms with Gasteiger partial charge >= 0.3 is 6.03 Å². The van der Waals surface area contributed by atoms with E-state index in [2.05, 4.69) is 10.6 Å². The van der Waals surface area contributed by atoms with Crippen LogP contribution in [-0.2, 0) is 23.1 Å². The largest absolute Gasteiger partial charge is 0.377 e. The van der Waals surface area contributed by atoms with Crippen molar-refractivity contribution >= 4 is 27.4 Å². The molecule has 0 heterocycles. The maximum Gasteiger partial charge on any atom is 0.319 e. The van der Waals surface area contributed by atoms with E-state index in [1.807, 2.05) is 62.3 Å². The predicted molar refractivity (Wildman–Crippen MR) is 137 cm³/mol. The van der Waals surface area contributed by atoms with E-state index in [1.165, 1.54) is 16.4 Å². The van der Waals surface area contributed by atoms with Crippen LogP contribution in [0.5, 0.6) is 0 Å². The number of carbonyl (C=O) groups excluding carboxylic acids is 1. The maximum absolute atomic E-state index is 13.4. The molecule has 186 valence electrons. The van der Waals surface area contributed by atoms with E-state index in [1.54, 1.807) is 12.1 Å². The van der Waals surface area contributed by atoms with Gasteiger partial charge in [-0.05, 0) is 60.0 Å². The fourth-order valence-electron chi connectivity index (χ4n) is 3.66. The summed E-state index contributed by atoms with van der Waals surface area (Å²) in [7, 11) is -0.103. The van der Waals surface area contributed by atoms with Gasteiger partial charge in [0.1, 0.15) is 5.82 Å². The van der Waals surface area contributed by atoms with Crippen molar-refractivity contribution in [1.82, 2.24) is 9.62 Å². The molecule has 3 rings (SSSR count). The molecule has 9 heteroatoms. The van der Waals surface area contributed by atoms with E-state index in [0.717, 1.165) is 28.9 Å². The van der Waals surface area contributed by atoms with Crippen LogP contribution in [0.15, 0.2) is 77.7 Å². The zero-order chi connectivity index (χ0) is 25.4. The number of sulfonamides is 1. The number of urea groups is 1. The van der Waals surface area contributed by atoms with Crippen molar-refractivity contribution in [2.75, 3.05) is 30.9 Å². The third kappa shape index (κ3) is 7.03. The number of anilines is 2. The van der Waals surface area contributed by atoms with Gasteiger partial charge in [-0.15, -0.1) is 0 Å². The third-order valence-electron chi connectivity index (χ3n) is 5.39. The van der Waals surface area contributed by atoms with Crippen molar-refractivity contribution in [2.24, 2.45) is 0 Å². The smallest absolute Gasteiger partial charge is 0.319 e. The van der Waals surface area contributed by atoms with Crippen LogP contribution in [0, 0.1) is 5.82 Å². The molecule has 2 amide bonds. The van der Waals surface area contributed by atoms with Crippen molar-refractivity contribution in [1.29, 1.82) is 0 Å². The number of carbonyl (C=O) groups is 1. The summed E-state index contributed by atoms with van der Waals surface area (Å²) in [5.41, 5.74) is 3.09. The SMILES string of the molecule is CCCN(Cc1cc(NC(=O)NCc2ccccc2)ccc1N(C)C)S(=O)(=O)c1ccc(F)cc1. The molecule has 0 saturated heterocycles. The van der Waals surface area contributed by atoms with Crippen LogP contribution >= 0.6 is 0 Å². The summed E-state index contributed by atoms with van der Waals surface area (Å²) in [5.74, 6) is -0.495. The zero-order valence-corrected chi connectivity index (χ0v) is 21.0. The summed E-state index contributed by atoms with van der Waals surface area (Å²) in [6.07, 6.45) is 0.609. The minimum absolute atomic E-state index is 0.0355. The van der Waals surface area contributed by atoms with Crippen molar-refractivity contribution in [2.45, 2.75) is 31.3 Å². The summed E-state index contributed by atoms with van der Waals surface area (Å²) in [4.78, 5) is 14.4. The molecule has 3 aromatic carbocycles. The second-order valence-electron chi connectivity index (χ2n) is 8.32. The predicted octanol–water partition coefficient (Wildman–Crippen LogP) is 4.81. The first kappa shape index (κ1) is 26.2. The van der Waals surface area contributed by atoms with E-state index in [0.29, 0.717) is 25.2 Å². The lowest BCUT2D eigenvalue weighted by Gasteiger charge is -2.25. The van der Waals surface area contributed by atoms with Gasteiger partial charge < -0.3 is 15.5 Å². The third-order valence-corrected chi connectivity index (χ3v) is 7.25. The van der Waals surface area contributed by atoms with Crippen LogP contribution in [-0.4, -0.2) is 39.4 Å². The quantitative estimate of drug-likeness (QED) is 0.420. The first-order valence-electron chi connectivity index (χ1n) is 11.4. The number of benzene rings is 3. The molecule has 0 aliphatic heterocycles. The molecule has 0 aliphatic carbocycles. The summed E-state index contributed by atoms with van der Waals surface area (Å²) in [6.45, 7) is 2.68. The van der Waals surface area contributed by atoms with Gasteiger partial charge in [0, 0.05) is 45.1 Å². The lowest BCUT2D eigenvalue weighted by Crippen LogP contribution is -2.32. The van der Waals surface area contributed by atoms with Gasteiger partial charge in [-0.2, -0.15) is 4.31 Å². The molecule has 0 unspecified atom stereocenters. The van der Waals surface area contributed by atoms with E-state index < -0.39 is 15.8 Å². The molecule has 2 N–H and O–H groups in total. The number of halogens is 1. The summed E-state index contributed by atoms with van der Waals surface area (Å²) < 4.78 is 41.4. The molecular formula is C26H31FN4O3S. The van der Waals surface area contributed by atoms with Crippen molar-refractivity contribution < 1.29 is 17.6 Å². The van der Waals surface area contributed by atoms with E-state index >= 15 is 0 Å². The highest BCUT2D eigenvalue weighted by Gasteiger charge is 2.25. The molecule has 3 aromatic rings. The minimum Gasteiger partial charge on any atom is -0.377 e. The Morgan fingerprint density at radius 2 is 1.66 bits per heavy atom. The van der Waals surface area contributed by atoms with Gasteiger partial charge in [0.25, 0.3) is 0 Å². The molecule has 0 spiro atoms. The number of nitrogens with zero attached hydrogens (tertiary/aromatic N) is 2. The van der Waals surface area contributed by atoms with E-state index in [4.69, 9.17) is 0 Å². The summed E-state index contributed by atoms with van der Waals surface area (Å²) in [5, 5.41) is 5.64. The monoisotopic (exact) mass is 498 g/mol. The van der Waals surface area contributed by atoms with Crippen LogP contribution in [0.25, 0.3) is 0 Å². The number of amides is 2. The minimum atomic E-state index is -3.85. The first-order chi connectivity index (χ1) is 16.7. The van der Waals surface area contributed by atoms with Crippen LogP contribution in [0.2, 0.25) is 0 Å². The molecule has 7 nitrogen and oxygen atoms in total. The van der Waals surface area contributed by atoms with Gasteiger partial charge in [0.05, 0.1) is 4.90 Å². The molecule has 35 heavy (non-hydrogen) atoms. The lowest BCUT2D eigenvalue weighted by molar-refractivity contribution is 0.251. The van der Waals surface area contributed by atoms with E-state index in [-0.39, 0.29) is 17.5 Å². The van der Waals surface area contributed by atoms with Crippen molar-refractivity contribution in [3.05, 3.63) is 89.7 Å². The Hall–Kier alpha value is -3.43. The topological polar surface area (TPSA) is 81.8 Å². The number of hydrogen-bond acceptors (Lipinski definition) is 4. The van der Waals surface area contributed by atoms with Crippen LogP contribution in [0.4, 0.5) is 20.6 Å². The second-order valence-corrected chi connectivity index (χ2v) is 10.3.